The van der Waals surface area contributed by atoms with Crippen LogP contribution in [0.1, 0.15) is 38.5 Å². The number of nitrogens with one attached hydrogen (secondary N) is 1. The van der Waals surface area contributed by atoms with Crippen LogP contribution in [0.15, 0.2) is 53.2 Å². The van der Waals surface area contributed by atoms with E-state index in [2.05, 4.69) is 5.32 Å². The fraction of sp³-hybridized carbons (Fsp3) is 0.238. The number of carbonyl (C=O) groups is 2. The monoisotopic (exact) mass is 397 g/mol. The molecule has 1 aliphatic carbocycles. The first-order valence-electron chi connectivity index (χ1n) is 8.71. The van der Waals surface area contributed by atoms with Gasteiger partial charge in [-0.1, -0.05) is 18.2 Å². The van der Waals surface area contributed by atoms with Crippen LogP contribution >= 0.6 is 22.7 Å². The molecule has 1 saturated carbocycles. The van der Waals surface area contributed by atoms with Crippen molar-refractivity contribution in [3.63, 3.8) is 0 Å². The predicted octanol–water partition coefficient (Wildman–Crippen LogP) is 4.40. The van der Waals surface area contributed by atoms with Gasteiger partial charge in [-0.05, 0) is 42.5 Å². The molecule has 6 heteroatoms. The molecule has 2 aromatic heterocycles. The number of para-hydroxylation sites is 1. The smallest absolute Gasteiger partial charge is 0.231 e. The number of amides is 1. The molecule has 0 bridgehead atoms. The van der Waals surface area contributed by atoms with Gasteiger partial charge >= 0.3 is 0 Å². The summed E-state index contributed by atoms with van der Waals surface area (Å²) in [6.45, 7) is 0.428. The molecule has 4 nitrogen and oxygen atoms in total. The van der Waals surface area contributed by atoms with E-state index in [9.17, 15) is 9.59 Å². The lowest BCUT2D eigenvalue weighted by Gasteiger charge is -2.18. The van der Waals surface area contributed by atoms with Gasteiger partial charge in [0.15, 0.2) is 0 Å². The zero-order valence-corrected chi connectivity index (χ0v) is 16.5. The number of ketones is 1. The summed E-state index contributed by atoms with van der Waals surface area (Å²) in [7, 11) is 1.63. The Morgan fingerprint density at radius 3 is 2.67 bits per heavy atom. The maximum absolute atomic E-state index is 12.9. The highest BCUT2D eigenvalue weighted by atomic mass is 32.1. The molecule has 0 aliphatic heterocycles. The summed E-state index contributed by atoms with van der Waals surface area (Å²) < 4.78 is 5.44. The molecule has 1 N–H and O–H groups in total. The van der Waals surface area contributed by atoms with Crippen LogP contribution in [0, 0.1) is 0 Å². The van der Waals surface area contributed by atoms with Crippen molar-refractivity contribution >= 4 is 34.4 Å². The van der Waals surface area contributed by atoms with E-state index in [0.717, 1.165) is 29.0 Å². The van der Waals surface area contributed by atoms with Gasteiger partial charge < -0.3 is 10.1 Å². The molecule has 3 aromatic rings. The van der Waals surface area contributed by atoms with Crippen LogP contribution in [0.5, 0.6) is 5.75 Å². The lowest BCUT2D eigenvalue weighted by atomic mass is 9.94. The van der Waals surface area contributed by atoms with Crippen molar-refractivity contribution in [2.45, 2.75) is 24.8 Å². The first-order valence-corrected chi connectivity index (χ1v) is 10.5. The van der Waals surface area contributed by atoms with Crippen LogP contribution in [0.4, 0.5) is 0 Å². The third-order valence-corrected chi connectivity index (χ3v) is 6.67. The molecule has 1 aliphatic rings. The minimum absolute atomic E-state index is 0.0195. The summed E-state index contributed by atoms with van der Waals surface area (Å²) in [4.78, 5) is 26.9. The summed E-state index contributed by atoms with van der Waals surface area (Å²) in [5, 5.41) is 6.80. The average molecular weight is 398 g/mol. The van der Waals surface area contributed by atoms with Gasteiger partial charge in [0.25, 0.3) is 0 Å². The van der Waals surface area contributed by atoms with E-state index >= 15 is 0 Å². The zero-order chi connectivity index (χ0) is 18.9. The van der Waals surface area contributed by atoms with E-state index in [1.54, 1.807) is 7.11 Å². The number of benzene rings is 1. The summed E-state index contributed by atoms with van der Waals surface area (Å²) >= 11 is 2.94. The van der Waals surface area contributed by atoms with E-state index in [4.69, 9.17) is 4.74 Å². The second-order valence-corrected chi connectivity index (χ2v) is 8.52. The molecule has 0 unspecified atom stereocenters. The lowest BCUT2D eigenvalue weighted by molar-refractivity contribution is -0.123. The van der Waals surface area contributed by atoms with Gasteiger partial charge in [-0.3, -0.25) is 9.59 Å². The number of rotatable bonds is 7. The summed E-state index contributed by atoms with van der Waals surface area (Å²) in [5.74, 6) is 0.808. The number of hydrogen-bond acceptors (Lipinski definition) is 5. The molecule has 27 heavy (non-hydrogen) atoms. The van der Waals surface area contributed by atoms with Crippen molar-refractivity contribution in [3.05, 3.63) is 74.1 Å². The SMILES string of the molecule is COc1ccccc1C1(C(=O)NCc2ccc(C(=O)c3ccsc3)s2)CC1. The first-order chi connectivity index (χ1) is 13.1. The van der Waals surface area contributed by atoms with Crippen molar-refractivity contribution in [1.82, 2.24) is 5.32 Å². The summed E-state index contributed by atoms with van der Waals surface area (Å²) in [6, 6.07) is 13.3. The van der Waals surface area contributed by atoms with Gasteiger partial charge in [0.2, 0.25) is 11.7 Å². The first kappa shape index (κ1) is 17.9. The van der Waals surface area contributed by atoms with Gasteiger partial charge in [-0.25, -0.2) is 0 Å². The topological polar surface area (TPSA) is 55.4 Å². The number of methoxy groups -OCH3 is 1. The largest absolute Gasteiger partial charge is 0.496 e. The Balaban J connectivity index is 1.44. The van der Waals surface area contributed by atoms with Gasteiger partial charge in [0, 0.05) is 21.4 Å². The number of ether oxygens (including phenoxy) is 1. The molecular formula is C21H19NO3S2. The number of hydrogen-bond donors (Lipinski definition) is 1. The molecule has 0 atom stereocenters. The summed E-state index contributed by atoms with van der Waals surface area (Å²) in [6.07, 6.45) is 1.65. The molecule has 2 heterocycles. The highest BCUT2D eigenvalue weighted by Gasteiger charge is 2.52. The Kier molecular flexibility index (Phi) is 4.85. The molecule has 4 rings (SSSR count). The highest BCUT2D eigenvalue weighted by molar-refractivity contribution is 7.14. The van der Waals surface area contributed by atoms with E-state index in [-0.39, 0.29) is 11.7 Å². The van der Waals surface area contributed by atoms with Crippen LogP contribution in [-0.4, -0.2) is 18.8 Å². The number of thiophene rings is 2. The van der Waals surface area contributed by atoms with E-state index < -0.39 is 5.41 Å². The normalized spacial score (nSPS) is 14.6. The Morgan fingerprint density at radius 2 is 1.96 bits per heavy atom. The second-order valence-electron chi connectivity index (χ2n) is 6.57. The van der Waals surface area contributed by atoms with Crippen LogP contribution in [-0.2, 0) is 16.8 Å². The Labute approximate surface area is 165 Å². The molecule has 0 spiro atoms. The van der Waals surface area contributed by atoms with Crippen molar-refractivity contribution in [2.75, 3.05) is 7.11 Å². The fourth-order valence-electron chi connectivity index (χ4n) is 3.25. The highest BCUT2D eigenvalue weighted by Crippen LogP contribution is 2.51. The zero-order valence-electron chi connectivity index (χ0n) is 14.9. The molecule has 1 fully saturated rings. The van der Waals surface area contributed by atoms with Crippen LogP contribution in [0.2, 0.25) is 0 Å². The van der Waals surface area contributed by atoms with Crippen LogP contribution in [0.25, 0.3) is 0 Å². The minimum atomic E-state index is -0.487. The Hall–Kier alpha value is -2.44. The second kappa shape index (κ2) is 7.29. The molecule has 1 amide bonds. The number of carbonyl (C=O) groups excluding carboxylic acids is 2. The van der Waals surface area contributed by atoms with E-state index in [0.29, 0.717) is 17.0 Å². The van der Waals surface area contributed by atoms with E-state index in [1.165, 1.54) is 22.7 Å². The fourth-order valence-corrected chi connectivity index (χ4v) is 4.80. The third-order valence-electron chi connectivity index (χ3n) is 4.90. The standard InChI is InChI=1S/C21H19NO3S2/c1-25-17-5-3-2-4-16(17)21(9-10-21)20(24)22-12-15-6-7-18(27-15)19(23)14-8-11-26-13-14/h2-8,11,13H,9-10,12H2,1H3,(H,22,24). The lowest BCUT2D eigenvalue weighted by Crippen LogP contribution is -2.34. The van der Waals surface area contributed by atoms with Crippen LogP contribution < -0.4 is 10.1 Å². The van der Waals surface area contributed by atoms with Gasteiger partial charge in [0.05, 0.1) is 23.9 Å². The summed E-state index contributed by atoms with van der Waals surface area (Å²) in [5.41, 5.74) is 1.18. The van der Waals surface area contributed by atoms with Crippen molar-refractivity contribution in [3.8, 4) is 5.75 Å². The van der Waals surface area contributed by atoms with Gasteiger partial charge in [-0.15, -0.1) is 11.3 Å². The molecular weight excluding hydrogens is 378 g/mol. The maximum atomic E-state index is 12.9. The van der Waals surface area contributed by atoms with Crippen molar-refractivity contribution in [2.24, 2.45) is 0 Å². The Morgan fingerprint density at radius 1 is 1.15 bits per heavy atom. The predicted molar refractivity (Wildman–Crippen MR) is 108 cm³/mol. The van der Waals surface area contributed by atoms with Crippen LogP contribution in [0.3, 0.4) is 0 Å². The van der Waals surface area contributed by atoms with E-state index in [1.807, 2.05) is 53.2 Å². The third kappa shape index (κ3) is 3.42. The maximum Gasteiger partial charge on any atom is 0.231 e. The molecule has 0 radical (unpaired) electrons. The minimum Gasteiger partial charge on any atom is -0.496 e. The van der Waals surface area contributed by atoms with Gasteiger partial charge in [-0.2, -0.15) is 11.3 Å². The molecule has 0 saturated heterocycles. The van der Waals surface area contributed by atoms with Crippen molar-refractivity contribution < 1.29 is 14.3 Å². The van der Waals surface area contributed by atoms with Gasteiger partial charge in [0.1, 0.15) is 5.75 Å². The average Bonchev–Trinajstić information content (AvgIpc) is 3.10. The molecule has 1 aromatic carbocycles. The quantitative estimate of drug-likeness (QED) is 0.601. The Bertz CT molecular complexity index is 971. The molecule has 138 valence electrons. The van der Waals surface area contributed by atoms with Crippen molar-refractivity contribution in [1.29, 1.82) is 0 Å².